The molecule has 4 aliphatic carbocycles. The van der Waals surface area contributed by atoms with E-state index in [9.17, 15) is 0 Å². The van der Waals surface area contributed by atoms with Crippen LogP contribution in [0.15, 0.2) is 12.1 Å². The van der Waals surface area contributed by atoms with Crippen molar-refractivity contribution >= 4 is 0 Å². The third kappa shape index (κ3) is 1.79. The highest BCUT2D eigenvalue weighted by molar-refractivity contribution is 5.30. The van der Waals surface area contributed by atoms with Gasteiger partial charge in [0.15, 0.2) is 0 Å². The maximum absolute atomic E-state index is 8.87. The highest BCUT2D eigenvalue weighted by atomic mass is 14.8. The Bertz CT molecular complexity index is 546. The van der Waals surface area contributed by atoms with Gasteiger partial charge in [0, 0.05) is 16.8 Å². The fourth-order valence-electron chi connectivity index (χ4n) is 5.58. The maximum atomic E-state index is 8.87. The third-order valence-corrected chi connectivity index (χ3v) is 6.05. The van der Waals surface area contributed by atoms with Crippen LogP contribution in [0.1, 0.15) is 55.5 Å². The zero-order valence-corrected chi connectivity index (χ0v) is 12.2. The molecule has 20 heavy (non-hydrogen) atoms. The summed E-state index contributed by atoms with van der Waals surface area (Å²) in [5, 5.41) is 8.87. The molecule has 2 nitrogen and oxygen atoms in total. The van der Waals surface area contributed by atoms with Gasteiger partial charge in [0.05, 0.1) is 12.5 Å². The molecule has 1 aromatic heterocycles. The molecule has 0 amide bonds. The van der Waals surface area contributed by atoms with Crippen molar-refractivity contribution in [3.63, 3.8) is 0 Å². The lowest BCUT2D eigenvalue weighted by Gasteiger charge is -2.56. The van der Waals surface area contributed by atoms with E-state index in [2.05, 4.69) is 25.1 Å². The predicted molar refractivity (Wildman–Crippen MR) is 78.1 cm³/mol. The van der Waals surface area contributed by atoms with Crippen molar-refractivity contribution in [3.05, 3.63) is 29.1 Å². The first-order valence-corrected chi connectivity index (χ1v) is 8.02. The highest BCUT2D eigenvalue weighted by Gasteiger charge is 2.52. The van der Waals surface area contributed by atoms with Crippen LogP contribution in [0.4, 0.5) is 0 Å². The summed E-state index contributed by atoms with van der Waals surface area (Å²) < 4.78 is 0. The molecule has 0 unspecified atom stereocenters. The van der Waals surface area contributed by atoms with Crippen LogP contribution < -0.4 is 0 Å². The SMILES string of the molecule is Cc1nc(C23CC4CC(CC(C4)C2)C3)ccc1CC#N. The van der Waals surface area contributed by atoms with Gasteiger partial charge in [-0.2, -0.15) is 5.26 Å². The molecule has 4 bridgehead atoms. The number of hydrogen-bond donors (Lipinski definition) is 0. The van der Waals surface area contributed by atoms with E-state index in [-0.39, 0.29) is 0 Å². The summed E-state index contributed by atoms with van der Waals surface area (Å²) >= 11 is 0. The quantitative estimate of drug-likeness (QED) is 0.813. The molecule has 0 aromatic carbocycles. The Labute approximate surface area is 121 Å². The number of aromatic nitrogens is 1. The van der Waals surface area contributed by atoms with Crippen LogP contribution in [0.25, 0.3) is 0 Å². The minimum atomic E-state index is 0.380. The fourth-order valence-corrected chi connectivity index (χ4v) is 5.58. The number of rotatable bonds is 2. The summed E-state index contributed by atoms with van der Waals surface area (Å²) in [4.78, 5) is 4.93. The molecule has 4 fully saturated rings. The minimum absolute atomic E-state index is 0.380. The first-order chi connectivity index (χ1) is 9.68. The Hall–Kier alpha value is -1.36. The van der Waals surface area contributed by atoms with Gasteiger partial charge in [-0.05, 0) is 74.8 Å². The van der Waals surface area contributed by atoms with Gasteiger partial charge in [-0.25, -0.2) is 0 Å². The van der Waals surface area contributed by atoms with E-state index < -0.39 is 0 Å². The standard InChI is InChI=1S/C18H22N2/c1-12-16(4-5-19)2-3-17(20-12)18-9-13-6-14(10-18)8-15(7-13)11-18/h2-3,13-15H,4,6-11H2,1H3. The molecular weight excluding hydrogens is 244 g/mol. The van der Waals surface area contributed by atoms with Crippen molar-refractivity contribution in [1.82, 2.24) is 4.98 Å². The number of pyridine rings is 1. The third-order valence-electron chi connectivity index (χ3n) is 6.05. The molecule has 0 radical (unpaired) electrons. The van der Waals surface area contributed by atoms with Crippen LogP contribution in [-0.2, 0) is 11.8 Å². The van der Waals surface area contributed by atoms with Crippen LogP contribution in [-0.4, -0.2) is 4.98 Å². The normalized spacial score (nSPS) is 37.9. The molecule has 0 atom stereocenters. The topological polar surface area (TPSA) is 36.7 Å². The van der Waals surface area contributed by atoms with E-state index in [4.69, 9.17) is 10.2 Å². The van der Waals surface area contributed by atoms with Crippen molar-refractivity contribution in [2.45, 2.75) is 57.3 Å². The Morgan fingerprint density at radius 3 is 2.25 bits per heavy atom. The molecule has 0 saturated heterocycles. The first kappa shape index (κ1) is 12.4. The average molecular weight is 266 g/mol. The zero-order chi connectivity index (χ0) is 13.7. The van der Waals surface area contributed by atoms with Gasteiger partial charge >= 0.3 is 0 Å². The van der Waals surface area contributed by atoms with Crippen molar-refractivity contribution < 1.29 is 0 Å². The summed E-state index contributed by atoms with van der Waals surface area (Å²) in [6.07, 6.45) is 9.01. The first-order valence-electron chi connectivity index (χ1n) is 8.02. The van der Waals surface area contributed by atoms with Gasteiger partial charge in [-0.3, -0.25) is 4.98 Å². The lowest BCUT2D eigenvalue weighted by Crippen LogP contribution is -2.49. The van der Waals surface area contributed by atoms with Gasteiger partial charge in [0.1, 0.15) is 0 Å². The molecule has 5 rings (SSSR count). The second kappa shape index (κ2) is 4.32. The van der Waals surface area contributed by atoms with Crippen LogP contribution in [0, 0.1) is 36.0 Å². The molecule has 0 N–H and O–H groups in total. The fraction of sp³-hybridized carbons (Fsp3) is 0.667. The van der Waals surface area contributed by atoms with Crippen LogP contribution in [0.5, 0.6) is 0 Å². The molecule has 1 aromatic rings. The zero-order valence-electron chi connectivity index (χ0n) is 12.2. The van der Waals surface area contributed by atoms with Gasteiger partial charge in [0.2, 0.25) is 0 Å². The smallest absolute Gasteiger partial charge is 0.0670 e. The molecule has 0 aliphatic heterocycles. The summed E-state index contributed by atoms with van der Waals surface area (Å²) in [5.41, 5.74) is 3.88. The molecule has 4 saturated carbocycles. The van der Waals surface area contributed by atoms with Crippen molar-refractivity contribution in [2.24, 2.45) is 17.8 Å². The van der Waals surface area contributed by atoms with E-state index in [0.29, 0.717) is 11.8 Å². The maximum Gasteiger partial charge on any atom is 0.0670 e. The number of nitrogens with zero attached hydrogens (tertiary/aromatic N) is 2. The van der Waals surface area contributed by atoms with E-state index in [1.54, 1.807) is 0 Å². The lowest BCUT2D eigenvalue weighted by atomic mass is 9.49. The number of aryl methyl sites for hydroxylation is 1. The Morgan fingerprint density at radius 2 is 1.75 bits per heavy atom. The van der Waals surface area contributed by atoms with E-state index in [0.717, 1.165) is 29.0 Å². The van der Waals surface area contributed by atoms with E-state index in [1.807, 2.05) is 0 Å². The molecule has 2 heteroatoms. The second-order valence-corrected chi connectivity index (χ2v) is 7.47. The van der Waals surface area contributed by atoms with Gasteiger partial charge in [-0.1, -0.05) is 6.07 Å². The number of nitriles is 1. The van der Waals surface area contributed by atoms with Gasteiger partial charge in [-0.15, -0.1) is 0 Å². The van der Waals surface area contributed by atoms with E-state index in [1.165, 1.54) is 44.2 Å². The largest absolute Gasteiger partial charge is 0.257 e. The summed E-state index contributed by atoms with van der Waals surface area (Å²) in [6, 6.07) is 6.62. The molecule has 0 spiro atoms. The Balaban J connectivity index is 1.70. The van der Waals surface area contributed by atoms with Crippen LogP contribution in [0.2, 0.25) is 0 Å². The van der Waals surface area contributed by atoms with Gasteiger partial charge in [0.25, 0.3) is 0 Å². The Morgan fingerprint density at radius 1 is 1.15 bits per heavy atom. The van der Waals surface area contributed by atoms with Crippen molar-refractivity contribution in [1.29, 1.82) is 5.26 Å². The van der Waals surface area contributed by atoms with Crippen molar-refractivity contribution in [2.75, 3.05) is 0 Å². The average Bonchev–Trinajstić information content (AvgIpc) is 2.39. The van der Waals surface area contributed by atoms with Crippen molar-refractivity contribution in [3.8, 4) is 6.07 Å². The van der Waals surface area contributed by atoms with Gasteiger partial charge < -0.3 is 0 Å². The molecular formula is C18H22N2. The summed E-state index contributed by atoms with van der Waals surface area (Å²) in [5.74, 6) is 2.88. The summed E-state index contributed by atoms with van der Waals surface area (Å²) in [6.45, 7) is 2.07. The predicted octanol–water partition coefficient (Wildman–Crippen LogP) is 3.92. The second-order valence-electron chi connectivity index (χ2n) is 7.47. The highest BCUT2D eigenvalue weighted by Crippen LogP contribution is 2.60. The minimum Gasteiger partial charge on any atom is -0.257 e. The molecule has 104 valence electrons. The molecule has 4 aliphatic rings. The Kier molecular flexibility index (Phi) is 2.67. The van der Waals surface area contributed by atoms with E-state index >= 15 is 0 Å². The monoisotopic (exact) mass is 266 g/mol. The van der Waals surface area contributed by atoms with Crippen LogP contribution >= 0.6 is 0 Å². The molecule has 1 heterocycles. The lowest BCUT2D eigenvalue weighted by molar-refractivity contribution is -0.00726. The number of hydrogen-bond acceptors (Lipinski definition) is 2. The summed E-state index contributed by atoms with van der Waals surface area (Å²) in [7, 11) is 0. The van der Waals surface area contributed by atoms with Crippen LogP contribution in [0.3, 0.4) is 0 Å².